The number of fused-ring (bicyclic) bond motifs is 2. The Hall–Kier alpha value is -2.20. The highest BCUT2D eigenvalue weighted by Crippen LogP contribution is 2.26. The van der Waals surface area contributed by atoms with Gasteiger partial charge < -0.3 is 4.90 Å². The maximum absolute atomic E-state index is 13.1. The molecular formula is C24H29N3O. The Labute approximate surface area is 167 Å². The number of rotatable bonds is 2. The second-order valence-electron chi connectivity index (χ2n) is 8.55. The van der Waals surface area contributed by atoms with Crippen molar-refractivity contribution in [3.05, 3.63) is 64.5 Å². The van der Waals surface area contributed by atoms with Crippen LogP contribution in [0.25, 0.3) is 0 Å². The van der Waals surface area contributed by atoms with Crippen molar-refractivity contribution in [2.75, 3.05) is 26.2 Å². The number of nitrogens with zero attached hydrogens (tertiary/aromatic N) is 3. The molecule has 1 aromatic carbocycles. The van der Waals surface area contributed by atoms with Crippen molar-refractivity contribution in [3.63, 3.8) is 0 Å². The molecule has 2 heterocycles. The maximum Gasteiger partial charge on any atom is 0.255 e. The molecule has 0 bridgehead atoms. The van der Waals surface area contributed by atoms with E-state index in [0.717, 1.165) is 63.8 Å². The zero-order valence-corrected chi connectivity index (χ0v) is 16.6. The molecule has 28 heavy (non-hydrogen) atoms. The van der Waals surface area contributed by atoms with Crippen LogP contribution in [0.15, 0.2) is 36.5 Å². The summed E-state index contributed by atoms with van der Waals surface area (Å²) in [5.74, 6) is 0.164. The highest BCUT2D eigenvalue weighted by molar-refractivity contribution is 5.94. The van der Waals surface area contributed by atoms with Crippen LogP contribution in [0.4, 0.5) is 0 Å². The van der Waals surface area contributed by atoms with Crippen LogP contribution in [0.1, 0.15) is 52.0 Å². The number of pyridine rings is 1. The van der Waals surface area contributed by atoms with Crippen LogP contribution in [-0.4, -0.2) is 52.9 Å². The second-order valence-corrected chi connectivity index (χ2v) is 8.55. The minimum Gasteiger partial charge on any atom is -0.337 e. The molecule has 4 nitrogen and oxygen atoms in total. The smallest absolute Gasteiger partial charge is 0.255 e. The molecule has 4 heteroatoms. The second kappa shape index (κ2) is 7.67. The molecule has 0 atom stereocenters. The Bertz CT molecular complexity index is 853. The lowest BCUT2D eigenvalue weighted by Crippen LogP contribution is -2.40. The highest BCUT2D eigenvalue weighted by atomic mass is 16.2. The fourth-order valence-electron chi connectivity index (χ4n) is 5.19. The lowest BCUT2D eigenvalue weighted by atomic mass is 9.95. The third-order valence-electron chi connectivity index (χ3n) is 6.78. The van der Waals surface area contributed by atoms with E-state index in [1.54, 1.807) is 0 Å². The molecule has 0 radical (unpaired) electrons. The van der Waals surface area contributed by atoms with Crippen LogP contribution in [0, 0.1) is 0 Å². The van der Waals surface area contributed by atoms with Gasteiger partial charge in [0.25, 0.3) is 5.91 Å². The van der Waals surface area contributed by atoms with Gasteiger partial charge in [-0.25, -0.2) is 0 Å². The van der Waals surface area contributed by atoms with Crippen LogP contribution >= 0.6 is 0 Å². The first-order chi connectivity index (χ1) is 13.8. The van der Waals surface area contributed by atoms with Crippen molar-refractivity contribution < 1.29 is 4.79 Å². The number of amides is 1. The fraction of sp³-hybridized carbons (Fsp3) is 0.500. The Balaban J connectivity index is 1.24. The predicted octanol–water partition coefficient (Wildman–Crippen LogP) is 3.28. The molecule has 3 aliphatic rings. The summed E-state index contributed by atoms with van der Waals surface area (Å²) in [6, 6.07) is 11.5. The summed E-state index contributed by atoms with van der Waals surface area (Å²) < 4.78 is 0. The van der Waals surface area contributed by atoms with Gasteiger partial charge in [-0.2, -0.15) is 0 Å². The molecule has 1 fully saturated rings. The molecule has 5 rings (SSSR count). The molecule has 0 saturated carbocycles. The Morgan fingerprint density at radius 1 is 0.893 bits per heavy atom. The van der Waals surface area contributed by atoms with Crippen molar-refractivity contribution in [3.8, 4) is 0 Å². The quantitative estimate of drug-likeness (QED) is 0.808. The van der Waals surface area contributed by atoms with Crippen molar-refractivity contribution in [1.82, 2.24) is 14.8 Å². The summed E-state index contributed by atoms with van der Waals surface area (Å²) in [5.41, 5.74) is 6.28. The summed E-state index contributed by atoms with van der Waals surface area (Å²) in [6.07, 6.45) is 9.73. The van der Waals surface area contributed by atoms with E-state index in [9.17, 15) is 4.79 Å². The molecule has 1 aliphatic heterocycles. The van der Waals surface area contributed by atoms with Gasteiger partial charge in [0.1, 0.15) is 0 Å². The molecule has 1 aromatic heterocycles. The van der Waals surface area contributed by atoms with Crippen molar-refractivity contribution in [2.24, 2.45) is 0 Å². The predicted molar refractivity (Wildman–Crippen MR) is 111 cm³/mol. The monoisotopic (exact) mass is 375 g/mol. The average molecular weight is 376 g/mol. The van der Waals surface area contributed by atoms with Crippen LogP contribution in [0.3, 0.4) is 0 Å². The molecule has 1 saturated heterocycles. The Kier molecular flexibility index (Phi) is 4.89. The van der Waals surface area contributed by atoms with Gasteiger partial charge in [0.15, 0.2) is 0 Å². The molecule has 0 N–H and O–H groups in total. The normalized spacial score (nSPS) is 20.5. The largest absolute Gasteiger partial charge is 0.337 e. The van der Waals surface area contributed by atoms with Gasteiger partial charge in [-0.1, -0.05) is 24.3 Å². The number of aryl methyl sites for hydroxylation is 2. The van der Waals surface area contributed by atoms with Gasteiger partial charge in [-0.3, -0.25) is 14.7 Å². The zero-order chi connectivity index (χ0) is 18.9. The van der Waals surface area contributed by atoms with Gasteiger partial charge in [0.2, 0.25) is 0 Å². The number of aromatic nitrogens is 1. The first kappa shape index (κ1) is 17.9. The van der Waals surface area contributed by atoms with Crippen molar-refractivity contribution >= 4 is 5.91 Å². The van der Waals surface area contributed by atoms with Crippen molar-refractivity contribution in [1.29, 1.82) is 0 Å². The molecule has 1 amide bonds. The molecule has 0 unspecified atom stereocenters. The topological polar surface area (TPSA) is 36.4 Å². The molecular weight excluding hydrogens is 346 g/mol. The minimum atomic E-state index is 0.164. The van der Waals surface area contributed by atoms with Gasteiger partial charge >= 0.3 is 0 Å². The number of hydrogen-bond donors (Lipinski definition) is 0. The SMILES string of the molecule is O=C(c1cnc2c(c1)CCCC2)N1CCCN(C2Cc3ccccc3C2)CC1. The van der Waals surface area contributed by atoms with E-state index in [-0.39, 0.29) is 5.91 Å². The van der Waals surface area contributed by atoms with Gasteiger partial charge in [-0.05, 0) is 67.7 Å². The Morgan fingerprint density at radius 2 is 1.68 bits per heavy atom. The number of hydrogen-bond acceptors (Lipinski definition) is 3. The summed E-state index contributed by atoms with van der Waals surface area (Å²) in [5, 5.41) is 0. The maximum atomic E-state index is 13.1. The van der Waals surface area contributed by atoms with Crippen LogP contribution in [0.2, 0.25) is 0 Å². The standard InChI is InChI=1S/C24H29N3O/c28-24(21-14-20-8-3-4-9-23(20)25-17-21)27-11-5-10-26(12-13-27)22-15-18-6-1-2-7-19(18)16-22/h1-2,6-7,14,17,22H,3-5,8-13,15-16H2. The third kappa shape index (κ3) is 3.46. The summed E-state index contributed by atoms with van der Waals surface area (Å²) in [4.78, 5) is 22.4. The summed E-state index contributed by atoms with van der Waals surface area (Å²) in [6.45, 7) is 3.74. The van der Waals surface area contributed by atoms with E-state index < -0.39 is 0 Å². The molecule has 2 aliphatic carbocycles. The summed E-state index contributed by atoms with van der Waals surface area (Å²) in [7, 11) is 0. The van der Waals surface area contributed by atoms with E-state index in [2.05, 4.69) is 40.2 Å². The first-order valence-corrected chi connectivity index (χ1v) is 10.9. The highest BCUT2D eigenvalue weighted by Gasteiger charge is 2.29. The van der Waals surface area contributed by atoms with E-state index in [4.69, 9.17) is 0 Å². The zero-order valence-electron chi connectivity index (χ0n) is 16.6. The van der Waals surface area contributed by atoms with E-state index in [0.29, 0.717) is 6.04 Å². The molecule has 0 spiro atoms. The lowest BCUT2D eigenvalue weighted by Gasteiger charge is -2.27. The van der Waals surface area contributed by atoms with E-state index in [1.165, 1.54) is 35.2 Å². The van der Waals surface area contributed by atoms with Crippen LogP contribution in [0.5, 0.6) is 0 Å². The lowest BCUT2D eigenvalue weighted by molar-refractivity contribution is 0.0757. The van der Waals surface area contributed by atoms with Gasteiger partial charge in [0, 0.05) is 44.1 Å². The average Bonchev–Trinajstić information content (AvgIpc) is 3.02. The first-order valence-electron chi connectivity index (χ1n) is 10.9. The summed E-state index contributed by atoms with van der Waals surface area (Å²) >= 11 is 0. The number of benzene rings is 1. The Morgan fingerprint density at radius 3 is 2.50 bits per heavy atom. The number of carbonyl (C=O) groups excluding carboxylic acids is 1. The molecule has 146 valence electrons. The number of carbonyl (C=O) groups is 1. The van der Waals surface area contributed by atoms with Crippen LogP contribution in [-0.2, 0) is 25.7 Å². The van der Waals surface area contributed by atoms with Crippen LogP contribution < -0.4 is 0 Å². The third-order valence-corrected chi connectivity index (χ3v) is 6.78. The minimum absolute atomic E-state index is 0.164. The molecule has 2 aromatic rings. The van der Waals surface area contributed by atoms with E-state index >= 15 is 0 Å². The van der Waals surface area contributed by atoms with Crippen molar-refractivity contribution in [2.45, 2.75) is 51.0 Å². The van der Waals surface area contributed by atoms with Gasteiger partial charge in [-0.15, -0.1) is 0 Å². The van der Waals surface area contributed by atoms with Gasteiger partial charge in [0.05, 0.1) is 5.56 Å². The van der Waals surface area contributed by atoms with E-state index in [1.807, 2.05) is 11.1 Å². The fourth-order valence-corrected chi connectivity index (χ4v) is 5.19.